The van der Waals surface area contributed by atoms with Crippen molar-refractivity contribution >= 4 is 30.5 Å². The number of hydrogen-bond acceptors (Lipinski definition) is 10. The lowest BCUT2D eigenvalue weighted by Crippen LogP contribution is -2.36. The molecule has 0 spiro atoms. The van der Waals surface area contributed by atoms with Gasteiger partial charge in [-0.25, -0.2) is 20.0 Å². The highest BCUT2D eigenvalue weighted by Gasteiger charge is 2.31. The molecule has 3 aromatic rings. The number of aromatic nitrogens is 4. The molecule has 0 radical (unpaired) electrons. The number of ether oxygens (including phenoxy) is 3. The molecular weight excluding hydrogens is 487 g/mol. The first-order chi connectivity index (χ1) is 17.1. The molecular formula is C23H33N6O6P. The minimum atomic E-state index is -3.65. The second kappa shape index (κ2) is 12.3. The molecule has 0 saturated carbocycles. The maximum Gasteiger partial charge on any atom is 0.323 e. The van der Waals surface area contributed by atoms with E-state index in [2.05, 4.69) is 20.0 Å². The molecule has 12 nitrogen and oxygen atoms in total. The van der Waals surface area contributed by atoms with Gasteiger partial charge in [-0.05, 0) is 45.4 Å². The minimum absolute atomic E-state index is 0.0214. The third kappa shape index (κ3) is 7.47. The molecule has 196 valence electrons. The van der Waals surface area contributed by atoms with Crippen LogP contribution in [0.4, 0.5) is 5.82 Å². The van der Waals surface area contributed by atoms with Crippen LogP contribution in [0.15, 0.2) is 36.9 Å². The lowest BCUT2D eigenvalue weighted by Gasteiger charge is -2.25. The summed E-state index contributed by atoms with van der Waals surface area (Å²) in [6.45, 7) is 7.26. The quantitative estimate of drug-likeness (QED) is 0.252. The molecule has 0 aliphatic rings. The second-order valence-corrected chi connectivity index (χ2v) is 10.7. The Morgan fingerprint density at radius 3 is 2.69 bits per heavy atom. The lowest BCUT2D eigenvalue weighted by atomic mass is 10.2. The van der Waals surface area contributed by atoms with Gasteiger partial charge >= 0.3 is 5.97 Å². The van der Waals surface area contributed by atoms with Crippen LogP contribution in [0.1, 0.15) is 33.3 Å². The number of nitrogens with one attached hydrogen (secondary N) is 1. The van der Waals surface area contributed by atoms with E-state index in [9.17, 15) is 9.36 Å². The summed E-state index contributed by atoms with van der Waals surface area (Å²) >= 11 is 0. The van der Waals surface area contributed by atoms with Crippen LogP contribution in [-0.2, 0) is 36.5 Å². The van der Waals surface area contributed by atoms with Crippen molar-refractivity contribution < 1.29 is 28.1 Å². The molecule has 1 unspecified atom stereocenters. The number of carbonyl (C=O) groups is 1. The number of nitrogens with two attached hydrogens (primary N) is 1. The molecule has 0 saturated heterocycles. The van der Waals surface area contributed by atoms with E-state index in [1.807, 2.05) is 19.1 Å². The summed E-state index contributed by atoms with van der Waals surface area (Å²) in [4.78, 5) is 24.7. The molecule has 0 aliphatic heterocycles. The van der Waals surface area contributed by atoms with Crippen molar-refractivity contribution in [3.63, 3.8) is 0 Å². The predicted molar refractivity (Wildman–Crippen MR) is 134 cm³/mol. The van der Waals surface area contributed by atoms with Gasteiger partial charge in [-0.3, -0.25) is 9.36 Å². The van der Waals surface area contributed by atoms with Gasteiger partial charge in [-0.2, -0.15) is 0 Å². The van der Waals surface area contributed by atoms with E-state index >= 15 is 0 Å². The molecule has 13 heteroatoms. The van der Waals surface area contributed by atoms with Gasteiger partial charge in [0.25, 0.3) is 7.52 Å². The lowest BCUT2D eigenvalue weighted by molar-refractivity contribution is -0.149. The van der Waals surface area contributed by atoms with Crippen molar-refractivity contribution in [1.29, 1.82) is 0 Å². The zero-order chi connectivity index (χ0) is 26.3. The highest BCUT2D eigenvalue weighted by molar-refractivity contribution is 7.56. The Balaban J connectivity index is 1.69. The first kappa shape index (κ1) is 27.5. The molecule has 0 aliphatic carbocycles. The van der Waals surface area contributed by atoms with E-state index in [1.165, 1.54) is 6.33 Å². The average molecular weight is 521 g/mol. The van der Waals surface area contributed by atoms with Crippen LogP contribution >= 0.6 is 7.52 Å². The second-order valence-electron chi connectivity index (χ2n) is 8.57. The van der Waals surface area contributed by atoms with Crippen molar-refractivity contribution in [2.24, 2.45) is 0 Å². The molecule has 0 amide bonds. The maximum absolute atomic E-state index is 13.8. The number of rotatable bonds is 13. The fourth-order valence-corrected chi connectivity index (χ4v) is 5.05. The van der Waals surface area contributed by atoms with Crippen molar-refractivity contribution in [2.45, 2.75) is 59.1 Å². The van der Waals surface area contributed by atoms with Crippen LogP contribution in [0, 0.1) is 0 Å². The number of benzene rings is 1. The summed E-state index contributed by atoms with van der Waals surface area (Å²) in [6.07, 6.45) is 1.98. The molecule has 2 aromatic heterocycles. The van der Waals surface area contributed by atoms with Crippen LogP contribution < -0.4 is 15.6 Å². The number of nitrogens with zero attached hydrogens (tertiary/aromatic N) is 4. The normalized spacial score (nSPS) is 14.9. The number of hydrogen-bond donors (Lipinski definition) is 2. The average Bonchev–Trinajstić information content (AvgIpc) is 3.25. The Labute approximate surface area is 210 Å². The summed E-state index contributed by atoms with van der Waals surface area (Å²) in [6, 6.07) is 6.34. The summed E-state index contributed by atoms with van der Waals surface area (Å²) in [5, 5.41) is 2.79. The van der Waals surface area contributed by atoms with Crippen molar-refractivity contribution in [3.05, 3.63) is 42.5 Å². The first-order valence-electron chi connectivity index (χ1n) is 11.5. The first-order valence-corrected chi connectivity index (χ1v) is 13.3. The largest absolute Gasteiger partial charge is 0.497 e. The van der Waals surface area contributed by atoms with Gasteiger partial charge in [0.2, 0.25) is 0 Å². The molecule has 1 aromatic carbocycles. The Bertz CT molecular complexity index is 1220. The summed E-state index contributed by atoms with van der Waals surface area (Å²) in [7, 11) is -2.08. The Morgan fingerprint density at radius 1 is 1.19 bits per heavy atom. The minimum Gasteiger partial charge on any atom is -0.497 e. The number of nitrogen functional groups attached to an aromatic ring is 1. The molecule has 3 rings (SSSR count). The van der Waals surface area contributed by atoms with Crippen LogP contribution in [0.5, 0.6) is 5.75 Å². The predicted octanol–water partition coefficient (Wildman–Crippen LogP) is 3.12. The third-order valence-electron chi connectivity index (χ3n) is 5.08. The van der Waals surface area contributed by atoms with E-state index < -0.39 is 25.6 Å². The molecule has 0 fully saturated rings. The molecule has 36 heavy (non-hydrogen) atoms. The topological polar surface area (TPSA) is 153 Å². The monoisotopic (exact) mass is 520 g/mol. The molecule has 3 N–H and O–H groups in total. The van der Waals surface area contributed by atoms with E-state index in [0.29, 0.717) is 23.5 Å². The van der Waals surface area contributed by atoms with E-state index in [0.717, 1.165) is 5.56 Å². The highest BCUT2D eigenvalue weighted by Crippen LogP contribution is 2.44. The van der Waals surface area contributed by atoms with Crippen molar-refractivity contribution in [1.82, 2.24) is 24.6 Å². The van der Waals surface area contributed by atoms with E-state index in [-0.39, 0.29) is 24.9 Å². The number of anilines is 1. The van der Waals surface area contributed by atoms with Crippen LogP contribution in [0.2, 0.25) is 0 Å². The van der Waals surface area contributed by atoms with Gasteiger partial charge in [0.15, 0.2) is 11.5 Å². The van der Waals surface area contributed by atoms with Gasteiger partial charge in [0, 0.05) is 0 Å². The van der Waals surface area contributed by atoms with E-state index in [4.69, 9.17) is 24.5 Å². The number of imidazole rings is 1. The number of methoxy groups -OCH3 is 1. The Kier molecular flexibility index (Phi) is 9.38. The summed E-state index contributed by atoms with van der Waals surface area (Å²) in [5.41, 5.74) is 7.67. The zero-order valence-corrected chi connectivity index (χ0v) is 22.0. The molecule has 3 atom stereocenters. The Morgan fingerprint density at radius 2 is 1.97 bits per heavy atom. The van der Waals surface area contributed by atoms with Gasteiger partial charge in [-0.1, -0.05) is 12.1 Å². The zero-order valence-electron chi connectivity index (χ0n) is 21.1. The molecule has 2 heterocycles. The summed E-state index contributed by atoms with van der Waals surface area (Å²) in [5.74, 6) is 0.397. The van der Waals surface area contributed by atoms with E-state index in [1.54, 1.807) is 50.9 Å². The fourth-order valence-electron chi connectivity index (χ4n) is 3.32. The standard InChI is InChI=1S/C23H33N6O6P/c1-15(2)35-23(30)17(4)28-36(31,34-11-18-7-6-8-19(9-18)32-5)14-33-16(3)10-29-13-27-20-21(24)25-12-26-22(20)29/h6-9,12-13,15-17H,10-11,14H2,1-5H3,(H,28,31)(H2,24,25,26)/t16-,17+,36?/m1/s1. The van der Waals surface area contributed by atoms with Crippen molar-refractivity contribution in [2.75, 3.05) is 19.2 Å². The fraction of sp³-hybridized carbons (Fsp3) is 0.478. The van der Waals surface area contributed by atoms with Crippen LogP contribution in [-0.4, -0.2) is 57.2 Å². The third-order valence-corrected chi connectivity index (χ3v) is 6.90. The smallest absolute Gasteiger partial charge is 0.323 e. The van der Waals surface area contributed by atoms with Gasteiger partial charge in [0.1, 0.15) is 30.0 Å². The highest BCUT2D eigenvalue weighted by atomic mass is 31.2. The van der Waals surface area contributed by atoms with Gasteiger partial charge in [0.05, 0.1) is 38.8 Å². The maximum atomic E-state index is 13.8. The van der Waals surface area contributed by atoms with Crippen LogP contribution in [0.3, 0.4) is 0 Å². The number of fused-ring (bicyclic) bond motifs is 1. The Hall–Kier alpha value is -3.05. The SMILES string of the molecule is COc1cccc(COP(=O)(CO[C@H](C)Cn2cnc3c(N)ncnc32)N[C@@H](C)C(=O)OC(C)C)c1. The van der Waals surface area contributed by atoms with Crippen LogP contribution in [0.25, 0.3) is 11.2 Å². The van der Waals surface area contributed by atoms with Gasteiger partial charge < -0.3 is 29.0 Å². The van der Waals surface area contributed by atoms with Crippen molar-refractivity contribution in [3.8, 4) is 5.75 Å². The molecule has 0 bridgehead atoms. The van der Waals surface area contributed by atoms with Gasteiger partial charge in [-0.15, -0.1) is 0 Å². The summed E-state index contributed by atoms with van der Waals surface area (Å²) < 4.78 is 37.7. The number of esters is 1. The number of carbonyl (C=O) groups excluding carboxylic acids is 1.